The van der Waals surface area contributed by atoms with Crippen LogP contribution in [0.3, 0.4) is 0 Å². The van der Waals surface area contributed by atoms with Crippen LogP contribution in [0.15, 0.2) is 6.07 Å². The van der Waals surface area contributed by atoms with E-state index in [1.807, 2.05) is 6.07 Å². The van der Waals surface area contributed by atoms with Crippen molar-refractivity contribution in [3.8, 4) is 0 Å². The van der Waals surface area contributed by atoms with E-state index in [0.29, 0.717) is 11.3 Å². The standard InChI is InChI=1S/C17H25NO3S/c1-17(2,3)12-5-6-13-11(9-12)10-14(22-13)16(21)18(4)8-7-15(19)20/h10,12H,5-9H2,1-4H3,(H,19,20). The number of carboxylic acid groups (broad SMARTS) is 1. The van der Waals surface area contributed by atoms with Crippen LogP contribution < -0.4 is 0 Å². The van der Waals surface area contributed by atoms with Gasteiger partial charge in [0, 0.05) is 18.5 Å². The van der Waals surface area contributed by atoms with E-state index in [2.05, 4.69) is 20.8 Å². The second kappa shape index (κ2) is 6.41. The summed E-state index contributed by atoms with van der Waals surface area (Å²) in [5.41, 5.74) is 1.60. The summed E-state index contributed by atoms with van der Waals surface area (Å²) in [6.07, 6.45) is 3.26. The molecule has 1 unspecified atom stereocenters. The van der Waals surface area contributed by atoms with Crippen LogP contribution >= 0.6 is 11.3 Å². The van der Waals surface area contributed by atoms with Crippen LogP contribution in [-0.2, 0) is 17.6 Å². The maximum Gasteiger partial charge on any atom is 0.305 e. The van der Waals surface area contributed by atoms with Gasteiger partial charge in [-0.15, -0.1) is 11.3 Å². The number of amides is 1. The molecule has 22 heavy (non-hydrogen) atoms. The Morgan fingerprint density at radius 3 is 2.68 bits per heavy atom. The van der Waals surface area contributed by atoms with Gasteiger partial charge in [0.05, 0.1) is 11.3 Å². The third-order valence-corrected chi connectivity index (χ3v) is 5.75. The number of carbonyl (C=O) groups excluding carboxylic acids is 1. The number of aliphatic carboxylic acids is 1. The molecule has 0 saturated heterocycles. The van der Waals surface area contributed by atoms with E-state index in [0.717, 1.165) is 17.7 Å². The quantitative estimate of drug-likeness (QED) is 0.923. The van der Waals surface area contributed by atoms with E-state index < -0.39 is 5.97 Å². The molecule has 0 aliphatic heterocycles. The Morgan fingerprint density at radius 2 is 2.09 bits per heavy atom. The fraction of sp³-hybridized carbons (Fsp3) is 0.647. The minimum absolute atomic E-state index is 0.0145. The molecule has 2 rings (SSSR count). The Morgan fingerprint density at radius 1 is 1.41 bits per heavy atom. The Bertz CT molecular complexity index is 571. The van der Waals surface area contributed by atoms with E-state index in [4.69, 9.17) is 5.11 Å². The monoisotopic (exact) mass is 323 g/mol. The maximum absolute atomic E-state index is 12.4. The summed E-state index contributed by atoms with van der Waals surface area (Å²) in [6, 6.07) is 2.03. The van der Waals surface area contributed by atoms with Crippen LogP contribution in [0.5, 0.6) is 0 Å². The molecule has 0 bridgehead atoms. The SMILES string of the molecule is CN(CCC(=O)O)C(=O)c1cc2c(s1)CCC(C(C)(C)C)C2. The number of rotatable bonds is 4. The van der Waals surface area contributed by atoms with Gasteiger partial charge in [0.15, 0.2) is 0 Å². The lowest BCUT2D eigenvalue weighted by Crippen LogP contribution is -2.28. The molecule has 0 radical (unpaired) electrons. The Hall–Kier alpha value is -1.36. The molecule has 1 aromatic rings. The summed E-state index contributed by atoms with van der Waals surface area (Å²) in [4.78, 5) is 26.6. The smallest absolute Gasteiger partial charge is 0.305 e. The molecule has 1 heterocycles. The number of carbonyl (C=O) groups is 2. The molecule has 1 aromatic heterocycles. The minimum Gasteiger partial charge on any atom is -0.481 e. The van der Waals surface area contributed by atoms with Gasteiger partial charge in [-0.05, 0) is 42.2 Å². The predicted molar refractivity (Wildman–Crippen MR) is 88.5 cm³/mol. The summed E-state index contributed by atoms with van der Waals surface area (Å²) >= 11 is 1.58. The van der Waals surface area contributed by atoms with Gasteiger partial charge in [-0.3, -0.25) is 9.59 Å². The molecule has 1 atom stereocenters. The average Bonchev–Trinajstić information content (AvgIpc) is 2.85. The van der Waals surface area contributed by atoms with Gasteiger partial charge in [-0.25, -0.2) is 0 Å². The molecule has 0 saturated carbocycles. The molecule has 0 fully saturated rings. The highest BCUT2D eigenvalue weighted by molar-refractivity contribution is 7.14. The molecule has 0 spiro atoms. The van der Waals surface area contributed by atoms with Gasteiger partial charge in [0.1, 0.15) is 0 Å². The third-order valence-electron chi connectivity index (χ3n) is 4.53. The summed E-state index contributed by atoms with van der Waals surface area (Å²) in [7, 11) is 1.67. The van der Waals surface area contributed by atoms with Crippen LogP contribution in [0.4, 0.5) is 0 Å². The number of aryl methyl sites for hydroxylation is 1. The van der Waals surface area contributed by atoms with E-state index in [9.17, 15) is 9.59 Å². The second-order valence-corrected chi connectivity index (χ2v) is 8.37. The van der Waals surface area contributed by atoms with E-state index >= 15 is 0 Å². The van der Waals surface area contributed by atoms with Crippen molar-refractivity contribution >= 4 is 23.2 Å². The van der Waals surface area contributed by atoms with Crippen LogP contribution in [0, 0.1) is 11.3 Å². The van der Waals surface area contributed by atoms with Crippen LogP contribution in [0.25, 0.3) is 0 Å². The van der Waals surface area contributed by atoms with E-state index in [1.54, 1.807) is 18.4 Å². The van der Waals surface area contributed by atoms with Crippen molar-refractivity contribution in [2.24, 2.45) is 11.3 Å². The maximum atomic E-state index is 12.4. The molecule has 1 amide bonds. The molecular formula is C17H25NO3S. The lowest BCUT2D eigenvalue weighted by Gasteiger charge is -2.33. The first kappa shape index (κ1) is 17.0. The average molecular weight is 323 g/mol. The zero-order valence-corrected chi connectivity index (χ0v) is 14.6. The Labute approximate surface area is 136 Å². The fourth-order valence-corrected chi connectivity index (χ4v) is 4.12. The van der Waals surface area contributed by atoms with Crippen molar-refractivity contribution in [1.29, 1.82) is 0 Å². The summed E-state index contributed by atoms with van der Waals surface area (Å²) in [5.74, 6) is -0.284. The number of fused-ring (bicyclic) bond motifs is 1. The van der Waals surface area contributed by atoms with Crippen LogP contribution in [0.1, 0.15) is 53.7 Å². The van der Waals surface area contributed by atoms with Gasteiger partial charge in [-0.1, -0.05) is 20.8 Å². The molecule has 5 heteroatoms. The summed E-state index contributed by atoms with van der Waals surface area (Å²) in [6.45, 7) is 7.09. The van der Waals surface area contributed by atoms with E-state index in [-0.39, 0.29) is 18.9 Å². The summed E-state index contributed by atoms with van der Waals surface area (Å²) in [5, 5.41) is 8.72. The van der Waals surface area contributed by atoms with Gasteiger partial charge < -0.3 is 10.0 Å². The van der Waals surface area contributed by atoms with E-state index in [1.165, 1.54) is 21.8 Å². The van der Waals surface area contributed by atoms with Crippen molar-refractivity contribution < 1.29 is 14.7 Å². The normalized spacial score (nSPS) is 17.9. The van der Waals surface area contributed by atoms with Crippen molar-refractivity contribution in [1.82, 2.24) is 4.90 Å². The van der Waals surface area contributed by atoms with Crippen molar-refractivity contribution in [3.05, 3.63) is 21.4 Å². The highest BCUT2D eigenvalue weighted by Gasteiger charge is 2.30. The lowest BCUT2D eigenvalue weighted by molar-refractivity contribution is -0.137. The van der Waals surface area contributed by atoms with Crippen molar-refractivity contribution in [3.63, 3.8) is 0 Å². The molecule has 122 valence electrons. The molecule has 1 N–H and O–H groups in total. The molecule has 0 aromatic carbocycles. The van der Waals surface area contributed by atoms with Crippen molar-refractivity contribution in [2.45, 2.75) is 46.5 Å². The first-order valence-corrected chi connectivity index (χ1v) is 8.59. The Balaban J connectivity index is 2.08. The number of carboxylic acids is 1. The second-order valence-electron chi connectivity index (χ2n) is 7.24. The molecule has 4 nitrogen and oxygen atoms in total. The first-order valence-electron chi connectivity index (χ1n) is 7.77. The van der Waals surface area contributed by atoms with Gasteiger partial charge in [0.25, 0.3) is 5.91 Å². The van der Waals surface area contributed by atoms with Crippen LogP contribution in [0.2, 0.25) is 0 Å². The molecule has 1 aliphatic carbocycles. The van der Waals surface area contributed by atoms with Gasteiger partial charge in [0.2, 0.25) is 0 Å². The number of hydrogen-bond donors (Lipinski definition) is 1. The van der Waals surface area contributed by atoms with Gasteiger partial charge >= 0.3 is 5.97 Å². The predicted octanol–water partition coefficient (Wildman–Crippen LogP) is 3.45. The largest absolute Gasteiger partial charge is 0.481 e. The van der Waals surface area contributed by atoms with Crippen LogP contribution in [-0.4, -0.2) is 35.5 Å². The minimum atomic E-state index is -0.877. The number of hydrogen-bond acceptors (Lipinski definition) is 3. The number of thiophene rings is 1. The van der Waals surface area contributed by atoms with Gasteiger partial charge in [-0.2, -0.15) is 0 Å². The first-order chi connectivity index (χ1) is 10.2. The topological polar surface area (TPSA) is 57.6 Å². The highest BCUT2D eigenvalue weighted by atomic mass is 32.1. The third kappa shape index (κ3) is 3.88. The highest BCUT2D eigenvalue weighted by Crippen LogP contribution is 2.40. The molecular weight excluding hydrogens is 298 g/mol. The Kier molecular flexibility index (Phi) is 4.95. The van der Waals surface area contributed by atoms with Crippen molar-refractivity contribution in [2.75, 3.05) is 13.6 Å². The lowest BCUT2D eigenvalue weighted by atomic mass is 9.72. The fourth-order valence-electron chi connectivity index (χ4n) is 2.92. The number of nitrogens with zero attached hydrogens (tertiary/aromatic N) is 1. The zero-order chi connectivity index (χ0) is 16.5. The molecule has 1 aliphatic rings. The summed E-state index contributed by atoms with van der Waals surface area (Å²) < 4.78 is 0. The zero-order valence-electron chi connectivity index (χ0n) is 13.8.